The van der Waals surface area contributed by atoms with Crippen LogP contribution in [0.3, 0.4) is 0 Å². The smallest absolute Gasteiger partial charge is 0.225 e. The van der Waals surface area contributed by atoms with E-state index < -0.39 is 0 Å². The molecule has 1 N–H and O–H groups in total. The molecule has 1 amide bonds. The first-order valence-electron chi connectivity index (χ1n) is 10.3. The van der Waals surface area contributed by atoms with Crippen molar-refractivity contribution in [3.63, 3.8) is 0 Å². The maximum Gasteiger partial charge on any atom is 0.225 e. The van der Waals surface area contributed by atoms with Crippen molar-refractivity contribution >= 4 is 11.6 Å². The third kappa shape index (κ3) is 3.97. The molecule has 2 aromatic carbocycles. The highest BCUT2D eigenvalue weighted by molar-refractivity contribution is 5.82. The van der Waals surface area contributed by atoms with Crippen LogP contribution in [0.1, 0.15) is 11.1 Å². The van der Waals surface area contributed by atoms with Crippen molar-refractivity contribution in [2.24, 2.45) is 5.92 Å². The van der Waals surface area contributed by atoms with Crippen molar-refractivity contribution in [2.75, 3.05) is 37.6 Å². The Kier molecular flexibility index (Phi) is 5.77. The third-order valence-corrected chi connectivity index (χ3v) is 6.02. The van der Waals surface area contributed by atoms with Gasteiger partial charge in [-0.1, -0.05) is 54.6 Å². The van der Waals surface area contributed by atoms with E-state index in [1.807, 2.05) is 0 Å². The number of hydrogen-bond donors (Lipinski definition) is 1. The van der Waals surface area contributed by atoms with Crippen LogP contribution in [0.15, 0.2) is 67.3 Å². The second kappa shape index (κ2) is 8.61. The molecule has 2 atom stereocenters. The van der Waals surface area contributed by atoms with Gasteiger partial charge in [-0.05, 0) is 30.0 Å². The number of hydrogen-bond acceptors (Lipinski definition) is 3. The van der Waals surface area contributed by atoms with Crippen LogP contribution in [0.2, 0.25) is 0 Å². The fraction of sp³-hybridized carbons (Fsp3) is 0.375. The number of benzene rings is 2. The molecule has 4 nitrogen and oxygen atoms in total. The predicted octanol–water partition coefficient (Wildman–Crippen LogP) is 2.89. The van der Waals surface area contributed by atoms with Crippen molar-refractivity contribution < 1.29 is 4.79 Å². The van der Waals surface area contributed by atoms with Gasteiger partial charge in [-0.15, -0.1) is 6.58 Å². The molecular weight excluding hydrogens is 346 g/mol. The monoisotopic (exact) mass is 375 g/mol. The van der Waals surface area contributed by atoms with E-state index in [-0.39, 0.29) is 17.9 Å². The molecule has 28 heavy (non-hydrogen) atoms. The molecule has 4 heteroatoms. The third-order valence-electron chi connectivity index (χ3n) is 6.02. The van der Waals surface area contributed by atoms with Gasteiger partial charge in [-0.3, -0.25) is 9.69 Å². The molecule has 0 radical (unpaired) electrons. The summed E-state index contributed by atoms with van der Waals surface area (Å²) in [7, 11) is 0. The number of anilines is 1. The van der Waals surface area contributed by atoms with Gasteiger partial charge in [0.25, 0.3) is 0 Å². The number of nitrogens with one attached hydrogen (secondary N) is 1. The summed E-state index contributed by atoms with van der Waals surface area (Å²) in [5.74, 6) is 0.128. The second-order valence-corrected chi connectivity index (χ2v) is 7.77. The zero-order chi connectivity index (χ0) is 19.3. The van der Waals surface area contributed by atoms with E-state index in [1.165, 1.54) is 16.8 Å². The maximum absolute atomic E-state index is 12.9. The lowest BCUT2D eigenvalue weighted by molar-refractivity contribution is -0.126. The van der Waals surface area contributed by atoms with Gasteiger partial charge >= 0.3 is 0 Å². The van der Waals surface area contributed by atoms with Gasteiger partial charge in [0.2, 0.25) is 5.91 Å². The number of piperazine rings is 1. The van der Waals surface area contributed by atoms with Gasteiger partial charge in [0.1, 0.15) is 0 Å². The zero-order valence-corrected chi connectivity index (χ0v) is 16.4. The van der Waals surface area contributed by atoms with Crippen molar-refractivity contribution in [1.82, 2.24) is 10.2 Å². The number of nitrogens with zero attached hydrogens (tertiary/aromatic N) is 2. The fourth-order valence-electron chi connectivity index (χ4n) is 4.56. The van der Waals surface area contributed by atoms with Gasteiger partial charge in [0.15, 0.2) is 0 Å². The van der Waals surface area contributed by atoms with E-state index in [2.05, 4.69) is 76.3 Å². The first kappa shape index (κ1) is 18.8. The van der Waals surface area contributed by atoms with Gasteiger partial charge in [0.05, 0.1) is 12.0 Å². The molecule has 4 rings (SSSR count). The summed E-state index contributed by atoms with van der Waals surface area (Å²) in [5.41, 5.74) is 3.97. The molecule has 0 bridgehead atoms. The molecule has 146 valence electrons. The van der Waals surface area contributed by atoms with Crippen LogP contribution in [-0.2, 0) is 17.6 Å². The predicted molar refractivity (Wildman–Crippen MR) is 115 cm³/mol. The SMILES string of the molecule is C=CCNC(=O)[C@@H]1Cc2ccccc2N2CCN(CCc3ccccc3)C[C@H]12. The molecule has 0 aromatic heterocycles. The fourth-order valence-corrected chi connectivity index (χ4v) is 4.56. The summed E-state index contributed by atoms with van der Waals surface area (Å²) < 4.78 is 0. The highest BCUT2D eigenvalue weighted by Gasteiger charge is 2.41. The van der Waals surface area contributed by atoms with Crippen LogP contribution in [0.4, 0.5) is 5.69 Å². The summed E-state index contributed by atoms with van der Waals surface area (Å²) in [6.07, 6.45) is 3.61. The van der Waals surface area contributed by atoms with Crippen molar-refractivity contribution in [1.29, 1.82) is 0 Å². The summed E-state index contributed by atoms with van der Waals surface area (Å²) in [6.45, 7) is 8.25. The van der Waals surface area contributed by atoms with E-state index in [0.29, 0.717) is 6.54 Å². The Balaban J connectivity index is 1.50. The Labute approximate surface area is 167 Å². The summed E-state index contributed by atoms with van der Waals surface area (Å²) in [5, 5.41) is 3.04. The molecule has 0 spiro atoms. The highest BCUT2D eigenvalue weighted by Crippen LogP contribution is 2.35. The van der Waals surface area contributed by atoms with E-state index >= 15 is 0 Å². The molecule has 2 aromatic rings. The Bertz CT molecular complexity index is 820. The van der Waals surface area contributed by atoms with Gasteiger partial charge in [0, 0.05) is 38.4 Å². The van der Waals surface area contributed by atoms with Crippen molar-refractivity contribution in [2.45, 2.75) is 18.9 Å². The van der Waals surface area contributed by atoms with Crippen LogP contribution in [0.25, 0.3) is 0 Å². The summed E-state index contributed by atoms with van der Waals surface area (Å²) in [4.78, 5) is 17.9. The average molecular weight is 376 g/mol. The summed E-state index contributed by atoms with van der Waals surface area (Å²) >= 11 is 0. The Morgan fingerprint density at radius 1 is 1.11 bits per heavy atom. The highest BCUT2D eigenvalue weighted by atomic mass is 16.1. The molecule has 0 aliphatic carbocycles. The first-order chi connectivity index (χ1) is 13.8. The molecular formula is C24H29N3O. The average Bonchev–Trinajstić information content (AvgIpc) is 2.76. The topological polar surface area (TPSA) is 35.6 Å². The van der Waals surface area contributed by atoms with Crippen molar-refractivity contribution in [3.8, 4) is 0 Å². The van der Waals surface area contributed by atoms with Crippen LogP contribution < -0.4 is 10.2 Å². The van der Waals surface area contributed by atoms with Crippen LogP contribution in [0.5, 0.6) is 0 Å². The maximum atomic E-state index is 12.9. The number of carbonyl (C=O) groups is 1. The largest absolute Gasteiger partial charge is 0.365 e. The molecule has 2 aliphatic heterocycles. The van der Waals surface area contributed by atoms with Crippen LogP contribution in [0, 0.1) is 5.92 Å². The molecule has 1 fully saturated rings. The molecule has 2 heterocycles. The van der Waals surface area contributed by atoms with Crippen LogP contribution in [-0.4, -0.2) is 49.6 Å². The summed E-state index contributed by atoms with van der Waals surface area (Å²) in [6, 6.07) is 19.4. The van der Waals surface area contributed by atoms with Crippen molar-refractivity contribution in [3.05, 3.63) is 78.4 Å². The van der Waals surface area contributed by atoms with Gasteiger partial charge in [-0.2, -0.15) is 0 Å². The lowest BCUT2D eigenvalue weighted by Crippen LogP contribution is -2.61. The molecule has 2 aliphatic rings. The molecule has 0 unspecified atom stereocenters. The van der Waals surface area contributed by atoms with Gasteiger partial charge < -0.3 is 10.2 Å². The lowest BCUT2D eigenvalue weighted by Gasteiger charge is -2.49. The van der Waals surface area contributed by atoms with E-state index in [0.717, 1.165) is 39.0 Å². The van der Waals surface area contributed by atoms with E-state index in [1.54, 1.807) is 6.08 Å². The van der Waals surface area contributed by atoms with Gasteiger partial charge in [-0.25, -0.2) is 0 Å². The first-order valence-corrected chi connectivity index (χ1v) is 10.3. The second-order valence-electron chi connectivity index (χ2n) is 7.77. The minimum atomic E-state index is -0.0191. The number of carbonyl (C=O) groups excluding carboxylic acids is 1. The number of rotatable bonds is 6. The molecule has 0 saturated carbocycles. The van der Waals surface area contributed by atoms with E-state index in [9.17, 15) is 4.79 Å². The quantitative estimate of drug-likeness (QED) is 0.789. The Morgan fingerprint density at radius 2 is 1.89 bits per heavy atom. The number of fused-ring (bicyclic) bond motifs is 3. The zero-order valence-electron chi connectivity index (χ0n) is 16.4. The molecule has 1 saturated heterocycles. The minimum Gasteiger partial charge on any atom is -0.365 e. The lowest BCUT2D eigenvalue weighted by atomic mass is 9.83. The number of amides is 1. The Hall–Kier alpha value is -2.59. The number of para-hydroxylation sites is 1. The minimum absolute atomic E-state index is 0.0191. The normalized spacial score (nSPS) is 21.5. The van der Waals surface area contributed by atoms with E-state index in [4.69, 9.17) is 0 Å². The standard InChI is InChI=1S/C24H29N3O/c1-2-13-25-24(28)21-17-20-10-6-7-11-22(20)27-16-15-26(18-23(21)27)14-12-19-8-4-3-5-9-19/h2-11,21,23H,1,12-18H2,(H,25,28)/t21-,23-/m1/s1. The van der Waals surface area contributed by atoms with Crippen LogP contribution >= 0.6 is 0 Å². The Morgan fingerprint density at radius 3 is 2.71 bits per heavy atom.